The van der Waals surface area contributed by atoms with E-state index >= 15 is 0 Å². The van der Waals surface area contributed by atoms with E-state index in [0.717, 1.165) is 34.7 Å². The maximum absolute atomic E-state index is 5.36. The maximum atomic E-state index is 5.36. The van der Waals surface area contributed by atoms with Gasteiger partial charge in [-0.15, -0.1) is 16.8 Å². The van der Waals surface area contributed by atoms with Crippen molar-refractivity contribution in [2.24, 2.45) is 0 Å². The quantitative estimate of drug-likeness (QED) is 0.403. The highest BCUT2D eigenvalue weighted by atomic mass is 32.2. The van der Waals surface area contributed by atoms with Crippen LogP contribution in [-0.2, 0) is 11.3 Å². The number of ether oxygens (including phenoxy) is 2. The van der Waals surface area contributed by atoms with Crippen LogP contribution in [0.5, 0.6) is 5.75 Å². The van der Waals surface area contributed by atoms with Gasteiger partial charge >= 0.3 is 0 Å². The van der Waals surface area contributed by atoms with Gasteiger partial charge in [0.05, 0.1) is 13.7 Å². The number of hydrogen-bond donors (Lipinski definition) is 0. The predicted octanol–water partition coefficient (Wildman–Crippen LogP) is 3.27. The van der Waals surface area contributed by atoms with Crippen molar-refractivity contribution in [2.75, 3.05) is 26.1 Å². The highest BCUT2D eigenvalue weighted by Crippen LogP contribution is 2.25. The van der Waals surface area contributed by atoms with Gasteiger partial charge in [-0.3, -0.25) is 4.57 Å². The summed E-state index contributed by atoms with van der Waals surface area (Å²) in [4.78, 5) is 0. The van der Waals surface area contributed by atoms with Gasteiger partial charge in [0.25, 0.3) is 0 Å². The van der Waals surface area contributed by atoms with Gasteiger partial charge in [-0.05, 0) is 31.2 Å². The molecule has 0 saturated heterocycles. The van der Waals surface area contributed by atoms with Crippen molar-refractivity contribution in [1.82, 2.24) is 14.8 Å². The SMILES string of the molecule is C=CCn1c(SCCOCC)nnc1-c1ccc(OC)cc1. The molecular weight excluding hydrogens is 298 g/mol. The number of rotatable bonds is 9. The summed E-state index contributed by atoms with van der Waals surface area (Å²) >= 11 is 1.64. The van der Waals surface area contributed by atoms with Gasteiger partial charge in [-0.25, -0.2) is 0 Å². The Morgan fingerprint density at radius 3 is 2.68 bits per heavy atom. The van der Waals surface area contributed by atoms with Gasteiger partial charge in [-0.1, -0.05) is 17.8 Å². The number of thioether (sulfide) groups is 1. The highest BCUT2D eigenvalue weighted by molar-refractivity contribution is 7.99. The molecule has 0 atom stereocenters. The summed E-state index contributed by atoms with van der Waals surface area (Å²) in [5.74, 6) is 2.51. The van der Waals surface area contributed by atoms with E-state index in [-0.39, 0.29) is 0 Å². The standard InChI is InChI=1S/C16H21N3O2S/c1-4-10-19-15(13-6-8-14(20-3)9-7-13)17-18-16(19)22-12-11-21-5-2/h4,6-9H,1,5,10-12H2,2-3H3. The first-order valence-electron chi connectivity index (χ1n) is 7.19. The lowest BCUT2D eigenvalue weighted by Gasteiger charge is -2.08. The zero-order chi connectivity index (χ0) is 15.8. The van der Waals surface area contributed by atoms with E-state index in [4.69, 9.17) is 9.47 Å². The van der Waals surface area contributed by atoms with E-state index in [1.165, 1.54) is 0 Å². The Morgan fingerprint density at radius 1 is 1.27 bits per heavy atom. The Kier molecular flexibility index (Phi) is 6.48. The van der Waals surface area contributed by atoms with Gasteiger partial charge in [0, 0.05) is 24.5 Å². The Labute approximate surface area is 135 Å². The molecule has 1 aromatic carbocycles. The number of benzene rings is 1. The fraction of sp³-hybridized carbons (Fsp3) is 0.375. The van der Waals surface area contributed by atoms with Crippen LogP contribution < -0.4 is 4.74 Å². The predicted molar refractivity (Wildman–Crippen MR) is 89.4 cm³/mol. The van der Waals surface area contributed by atoms with Gasteiger partial charge < -0.3 is 9.47 Å². The molecule has 1 aromatic heterocycles. The summed E-state index contributed by atoms with van der Waals surface area (Å²) in [5, 5.41) is 9.49. The van der Waals surface area contributed by atoms with Gasteiger partial charge in [0.2, 0.25) is 0 Å². The summed E-state index contributed by atoms with van der Waals surface area (Å²) in [6.45, 7) is 7.92. The summed E-state index contributed by atoms with van der Waals surface area (Å²) in [6, 6.07) is 7.81. The minimum atomic E-state index is 0.672. The van der Waals surface area contributed by atoms with Gasteiger partial charge in [0.15, 0.2) is 11.0 Å². The second-order valence-corrected chi connectivity index (χ2v) is 5.54. The zero-order valence-electron chi connectivity index (χ0n) is 13.0. The topological polar surface area (TPSA) is 49.2 Å². The lowest BCUT2D eigenvalue weighted by molar-refractivity contribution is 0.164. The number of allylic oxidation sites excluding steroid dienone is 1. The zero-order valence-corrected chi connectivity index (χ0v) is 13.8. The van der Waals surface area contributed by atoms with E-state index < -0.39 is 0 Å². The van der Waals surface area contributed by atoms with Crippen molar-refractivity contribution in [2.45, 2.75) is 18.6 Å². The molecule has 6 heteroatoms. The molecule has 0 fully saturated rings. The lowest BCUT2D eigenvalue weighted by atomic mass is 10.2. The van der Waals surface area contributed by atoms with Crippen molar-refractivity contribution in [3.05, 3.63) is 36.9 Å². The second-order valence-electron chi connectivity index (χ2n) is 4.48. The van der Waals surface area contributed by atoms with E-state index in [0.29, 0.717) is 13.2 Å². The molecule has 0 spiro atoms. The molecule has 2 rings (SSSR count). The van der Waals surface area contributed by atoms with Crippen LogP contribution >= 0.6 is 11.8 Å². The fourth-order valence-electron chi connectivity index (χ4n) is 1.98. The monoisotopic (exact) mass is 319 g/mol. The van der Waals surface area contributed by atoms with Gasteiger partial charge in [0.1, 0.15) is 5.75 Å². The van der Waals surface area contributed by atoms with E-state index in [1.807, 2.05) is 37.3 Å². The molecule has 0 unspecified atom stereocenters. The lowest BCUT2D eigenvalue weighted by Crippen LogP contribution is -2.02. The molecule has 5 nitrogen and oxygen atoms in total. The summed E-state index contributed by atoms with van der Waals surface area (Å²) < 4.78 is 12.6. The van der Waals surface area contributed by atoms with Crippen LogP contribution in [-0.4, -0.2) is 40.8 Å². The molecule has 0 radical (unpaired) electrons. The first kappa shape index (κ1) is 16.6. The van der Waals surface area contributed by atoms with Crippen LogP contribution in [0, 0.1) is 0 Å². The Balaban J connectivity index is 2.19. The first-order valence-corrected chi connectivity index (χ1v) is 8.17. The van der Waals surface area contributed by atoms with Crippen molar-refractivity contribution in [3.63, 3.8) is 0 Å². The molecule has 0 bridgehead atoms. The van der Waals surface area contributed by atoms with Crippen LogP contribution in [0.1, 0.15) is 6.92 Å². The molecular formula is C16H21N3O2S. The minimum Gasteiger partial charge on any atom is -0.497 e. The third-order valence-electron chi connectivity index (χ3n) is 3.04. The third-order valence-corrected chi connectivity index (χ3v) is 3.97. The van der Waals surface area contributed by atoms with E-state index in [1.54, 1.807) is 18.9 Å². The summed E-state index contributed by atoms with van der Waals surface area (Å²) in [7, 11) is 1.66. The van der Waals surface area contributed by atoms with Crippen molar-refractivity contribution >= 4 is 11.8 Å². The summed E-state index contributed by atoms with van der Waals surface area (Å²) in [5.41, 5.74) is 1.01. The molecule has 0 saturated carbocycles. The van der Waals surface area contributed by atoms with E-state index in [9.17, 15) is 0 Å². The first-order chi connectivity index (χ1) is 10.8. The molecule has 2 aromatic rings. The van der Waals surface area contributed by atoms with Crippen LogP contribution in [0.15, 0.2) is 42.1 Å². The molecule has 0 aliphatic rings. The smallest absolute Gasteiger partial charge is 0.191 e. The molecule has 0 aliphatic carbocycles. The molecule has 0 N–H and O–H groups in total. The van der Waals surface area contributed by atoms with Crippen LogP contribution in [0.25, 0.3) is 11.4 Å². The number of nitrogens with zero attached hydrogens (tertiary/aromatic N) is 3. The van der Waals surface area contributed by atoms with Crippen molar-refractivity contribution < 1.29 is 9.47 Å². The number of methoxy groups -OCH3 is 1. The highest BCUT2D eigenvalue weighted by Gasteiger charge is 2.13. The Bertz CT molecular complexity index is 596. The van der Waals surface area contributed by atoms with Crippen molar-refractivity contribution in [1.29, 1.82) is 0 Å². The molecule has 22 heavy (non-hydrogen) atoms. The summed E-state index contributed by atoms with van der Waals surface area (Å²) in [6.07, 6.45) is 1.85. The molecule has 1 heterocycles. The van der Waals surface area contributed by atoms with Crippen LogP contribution in [0.4, 0.5) is 0 Å². The maximum Gasteiger partial charge on any atom is 0.191 e. The van der Waals surface area contributed by atoms with Crippen LogP contribution in [0.2, 0.25) is 0 Å². The minimum absolute atomic E-state index is 0.672. The average Bonchev–Trinajstić information content (AvgIpc) is 2.95. The van der Waals surface area contributed by atoms with Gasteiger partial charge in [-0.2, -0.15) is 0 Å². The second kappa shape index (κ2) is 8.60. The number of hydrogen-bond acceptors (Lipinski definition) is 5. The molecule has 0 amide bonds. The molecule has 118 valence electrons. The van der Waals surface area contributed by atoms with E-state index in [2.05, 4.69) is 21.3 Å². The fourth-order valence-corrected chi connectivity index (χ4v) is 2.78. The Morgan fingerprint density at radius 2 is 2.05 bits per heavy atom. The van der Waals surface area contributed by atoms with Crippen LogP contribution in [0.3, 0.4) is 0 Å². The third kappa shape index (κ3) is 4.11. The Hall–Kier alpha value is -1.79. The average molecular weight is 319 g/mol. The normalized spacial score (nSPS) is 10.6. The largest absolute Gasteiger partial charge is 0.497 e. The number of aromatic nitrogens is 3. The van der Waals surface area contributed by atoms with Crippen molar-refractivity contribution in [3.8, 4) is 17.1 Å². The molecule has 0 aliphatic heterocycles.